The summed E-state index contributed by atoms with van der Waals surface area (Å²) in [7, 11) is -3.91. The zero-order chi connectivity index (χ0) is 12.5. The van der Waals surface area contributed by atoms with E-state index in [2.05, 4.69) is 8.92 Å². The van der Waals surface area contributed by atoms with Crippen LogP contribution in [-0.4, -0.2) is 72.4 Å². The lowest BCUT2D eigenvalue weighted by atomic mass is 9.99. The van der Waals surface area contributed by atoms with Crippen LogP contribution in [0.3, 0.4) is 0 Å². The highest BCUT2D eigenvalue weighted by Crippen LogP contribution is 2.23. The van der Waals surface area contributed by atoms with Crippen molar-refractivity contribution in [2.45, 2.75) is 30.7 Å². The lowest BCUT2D eigenvalue weighted by Gasteiger charge is -2.38. The highest BCUT2D eigenvalue weighted by atomic mass is 32.2. The van der Waals surface area contributed by atoms with Crippen molar-refractivity contribution in [2.24, 2.45) is 0 Å². The van der Waals surface area contributed by atoms with Gasteiger partial charge in [0, 0.05) is 0 Å². The van der Waals surface area contributed by atoms with Crippen LogP contribution in [0.1, 0.15) is 0 Å². The van der Waals surface area contributed by atoms with E-state index in [1.54, 1.807) is 0 Å². The van der Waals surface area contributed by atoms with Crippen LogP contribution < -0.4 is 0 Å². The van der Waals surface area contributed by atoms with Crippen LogP contribution in [0.25, 0.3) is 0 Å². The van der Waals surface area contributed by atoms with Gasteiger partial charge in [0.1, 0.15) is 18.3 Å². The summed E-state index contributed by atoms with van der Waals surface area (Å²) < 4.78 is 30.7. The molecule has 0 aromatic heterocycles. The molecule has 1 saturated heterocycles. The van der Waals surface area contributed by atoms with Crippen LogP contribution in [0, 0.1) is 0 Å². The molecule has 1 aliphatic rings. The average molecular weight is 258 g/mol. The maximum Gasteiger partial charge on any atom is 0.264 e. The van der Waals surface area contributed by atoms with E-state index in [4.69, 9.17) is 5.11 Å². The molecule has 1 rings (SSSR count). The van der Waals surface area contributed by atoms with Gasteiger partial charge in [-0.2, -0.15) is 8.42 Å². The van der Waals surface area contributed by atoms with Crippen molar-refractivity contribution in [1.82, 2.24) is 0 Å². The Morgan fingerprint density at radius 3 is 2.25 bits per heavy atom. The summed E-state index contributed by atoms with van der Waals surface area (Å²) in [4.78, 5) is 0. The number of rotatable bonds is 3. The molecule has 0 unspecified atom stereocenters. The number of aliphatic hydroxyl groups is 4. The Bertz CT molecular complexity index is 327. The SMILES string of the molecule is CS(=O)(=O)O[C@@H]1[C@@H](O)[C@H](O)[C@@H](CO)O[C@H]1O. The minimum absolute atomic E-state index is 0.624. The maximum absolute atomic E-state index is 10.8. The van der Waals surface area contributed by atoms with Gasteiger partial charge in [-0.25, -0.2) is 0 Å². The van der Waals surface area contributed by atoms with Gasteiger partial charge in [-0.15, -0.1) is 0 Å². The Labute approximate surface area is 92.2 Å². The predicted octanol–water partition coefficient (Wildman–Crippen LogP) is -3.24. The van der Waals surface area contributed by atoms with Gasteiger partial charge in [0.2, 0.25) is 0 Å². The van der Waals surface area contributed by atoms with Crippen molar-refractivity contribution in [2.75, 3.05) is 12.9 Å². The summed E-state index contributed by atoms with van der Waals surface area (Å²) in [5, 5.41) is 37.0. The molecule has 0 spiro atoms. The summed E-state index contributed by atoms with van der Waals surface area (Å²) >= 11 is 0. The third-order valence-corrected chi connectivity index (χ3v) is 2.70. The van der Waals surface area contributed by atoms with E-state index < -0.39 is 47.4 Å². The molecular formula is C7H14O8S. The fourth-order valence-electron chi connectivity index (χ4n) is 1.38. The molecule has 9 heteroatoms. The maximum atomic E-state index is 10.8. The molecule has 1 fully saturated rings. The monoisotopic (exact) mass is 258 g/mol. The Morgan fingerprint density at radius 2 is 1.81 bits per heavy atom. The normalized spacial score (nSPS) is 40.9. The van der Waals surface area contributed by atoms with Gasteiger partial charge in [-0.1, -0.05) is 0 Å². The molecular weight excluding hydrogens is 244 g/mol. The zero-order valence-electron chi connectivity index (χ0n) is 8.42. The molecule has 0 aliphatic carbocycles. The van der Waals surface area contributed by atoms with Crippen LogP contribution in [0.15, 0.2) is 0 Å². The third kappa shape index (κ3) is 3.10. The molecule has 0 amide bonds. The van der Waals surface area contributed by atoms with Crippen molar-refractivity contribution in [3.63, 3.8) is 0 Å². The lowest BCUT2D eigenvalue weighted by Crippen LogP contribution is -2.59. The van der Waals surface area contributed by atoms with Crippen LogP contribution >= 0.6 is 0 Å². The number of hydrogen-bond donors (Lipinski definition) is 4. The topological polar surface area (TPSA) is 134 Å². The summed E-state index contributed by atoms with van der Waals surface area (Å²) in [6.07, 6.45) is -7.03. The van der Waals surface area contributed by atoms with Gasteiger partial charge in [0.25, 0.3) is 10.1 Å². The van der Waals surface area contributed by atoms with Crippen molar-refractivity contribution in [1.29, 1.82) is 0 Å². The van der Waals surface area contributed by atoms with Crippen molar-refractivity contribution >= 4 is 10.1 Å². The highest BCUT2D eigenvalue weighted by molar-refractivity contribution is 7.86. The van der Waals surface area contributed by atoms with Gasteiger partial charge in [-0.05, 0) is 0 Å². The van der Waals surface area contributed by atoms with Crippen LogP contribution in [0.4, 0.5) is 0 Å². The first kappa shape index (κ1) is 13.8. The second-order valence-electron chi connectivity index (χ2n) is 3.49. The molecule has 16 heavy (non-hydrogen) atoms. The standard InChI is InChI=1S/C7H14O8S/c1-16(12,13)15-6-5(10)4(9)3(2-8)14-7(6)11/h3-11H,2H2,1H3/t3-,4-,5+,6-,7-/m1/s1. The molecule has 8 nitrogen and oxygen atoms in total. The Hall–Kier alpha value is -0.290. The van der Waals surface area contributed by atoms with Crippen LogP contribution in [0.5, 0.6) is 0 Å². The molecule has 1 heterocycles. The largest absolute Gasteiger partial charge is 0.394 e. The van der Waals surface area contributed by atoms with Gasteiger partial charge < -0.3 is 25.2 Å². The average Bonchev–Trinajstić information content (AvgIpc) is 2.17. The first-order valence-corrected chi connectivity index (χ1v) is 6.26. The molecule has 5 atom stereocenters. The molecule has 0 aromatic carbocycles. The smallest absolute Gasteiger partial charge is 0.264 e. The first-order valence-electron chi connectivity index (χ1n) is 4.45. The minimum Gasteiger partial charge on any atom is -0.394 e. The summed E-state index contributed by atoms with van der Waals surface area (Å²) in [5.74, 6) is 0. The van der Waals surface area contributed by atoms with E-state index in [0.29, 0.717) is 0 Å². The fraction of sp³-hybridized carbons (Fsp3) is 1.00. The van der Waals surface area contributed by atoms with E-state index in [1.165, 1.54) is 0 Å². The second kappa shape index (κ2) is 4.92. The molecule has 0 aromatic rings. The molecule has 96 valence electrons. The van der Waals surface area contributed by atoms with Crippen LogP contribution in [0.2, 0.25) is 0 Å². The van der Waals surface area contributed by atoms with E-state index in [9.17, 15) is 23.7 Å². The highest BCUT2D eigenvalue weighted by Gasteiger charge is 2.45. The first-order chi connectivity index (χ1) is 7.26. The number of ether oxygens (including phenoxy) is 1. The Morgan fingerprint density at radius 1 is 1.25 bits per heavy atom. The number of aliphatic hydroxyl groups excluding tert-OH is 4. The van der Waals surface area contributed by atoms with Crippen molar-refractivity contribution < 1.29 is 37.8 Å². The van der Waals surface area contributed by atoms with Gasteiger partial charge in [-0.3, -0.25) is 4.18 Å². The van der Waals surface area contributed by atoms with E-state index in [0.717, 1.165) is 6.26 Å². The van der Waals surface area contributed by atoms with E-state index in [1.807, 2.05) is 0 Å². The van der Waals surface area contributed by atoms with Gasteiger partial charge in [0.15, 0.2) is 12.4 Å². The fourth-order valence-corrected chi connectivity index (χ4v) is 1.99. The molecule has 1 aliphatic heterocycles. The summed E-state index contributed by atoms with van der Waals surface area (Å²) in [6, 6.07) is 0. The van der Waals surface area contributed by atoms with Gasteiger partial charge >= 0.3 is 0 Å². The van der Waals surface area contributed by atoms with Crippen molar-refractivity contribution in [3.05, 3.63) is 0 Å². The van der Waals surface area contributed by atoms with Crippen molar-refractivity contribution in [3.8, 4) is 0 Å². The molecule has 0 saturated carbocycles. The minimum atomic E-state index is -3.91. The summed E-state index contributed by atoms with van der Waals surface area (Å²) in [5.41, 5.74) is 0. The lowest BCUT2D eigenvalue weighted by molar-refractivity contribution is -0.279. The summed E-state index contributed by atoms with van der Waals surface area (Å²) in [6.45, 7) is -0.624. The molecule has 4 N–H and O–H groups in total. The van der Waals surface area contributed by atoms with E-state index >= 15 is 0 Å². The van der Waals surface area contributed by atoms with Crippen LogP contribution in [-0.2, 0) is 19.0 Å². The second-order valence-corrected chi connectivity index (χ2v) is 5.09. The Balaban J connectivity index is 2.80. The third-order valence-electron chi connectivity index (χ3n) is 2.13. The quantitative estimate of drug-likeness (QED) is 0.388. The van der Waals surface area contributed by atoms with Gasteiger partial charge in [0.05, 0.1) is 12.9 Å². The van der Waals surface area contributed by atoms with E-state index in [-0.39, 0.29) is 0 Å². The number of hydrogen-bond acceptors (Lipinski definition) is 8. The predicted molar refractivity (Wildman–Crippen MR) is 49.7 cm³/mol. The molecule has 0 bridgehead atoms. The zero-order valence-corrected chi connectivity index (χ0v) is 9.24. The Kier molecular flexibility index (Phi) is 4.23. The molecule has 0 radical (unpaired) electrons.